The highest BCUT2D eigenvalue weighted by Gasteiger charge is 2.39. The highest BCUT2D eigenvalue weighted by Crippen LogP contribution is 2.20. The van der Waals surface area contributed by atoms with E-state index < -0.39 is 0 Å². The number of amides is 4. The van der Waals surface area contributed by atoms with Gasteiger partial charge in [0, 0.05) is 24.5 Å². The van der Waals surface area contributed by atoms with Crippen LogP contribution < -0.4 is 5.32 Å². The molecule has 2 fully saturated rings. The topological polar surface area (TPSA) is 69.7 Å². The van der Waals surface area contributed by atoms with Gasteiger partial charge in [0.05, 0.1) is 12.6 Å². The summed E-state index contributed by atoms with van der Waals surface area (Å²) in [6.45, 7) is 1.06. The third-order valence-electron chi connectivity index (χ3n) is 4.28. The Morgan fingerprint density at radius 2 is 2.17 bits per heavy atom. The Balaban J connectivity index is 1.53. The molecule has 6 nitrogen and oxygen atoms in total. The van der Waals surface area contributed by atoms with Gasteiger partial charge in [0.25, 0.3) is 0 Å². The smallest absolute Gasteiger partial charge is 0.324 e. The molecule has 0 spiro atoms. The van der Waals surface area contributed by atoms with Gasteiger partial charge in [-0.15, -0.1) is 0 Å². The summed E-state index contributed by atoms with van der Waals surface area (Å²) in [5, 5.41) is 3.18. The second-order valence-electron chi connectivity index (χ2n) is 5.83. The number of hydrogen-bond donors (Lipinski definition) is 1. The van der Waals surface area contributed by atoms with E-state index in [9.17, 15) is 14.4 Å². The zero-order chi connectivity index (χ0) is 16.4. The van der Waals surface area contributed by atoms with Crippen LogP contribution in [-0.4, -0.2) is 53.3 Å². The van der Waals surface area contributed by atoms with E-state index in [4.69, 9.17) is 11.6 Å². The van der Waals surface area contributed by atoms with Gasteiger partial charge in [-0.05, 0) is 30.5 Å². The maximum absolute atomic E-state index is 12.3. The maximum Gasteiger partial charge on any atom is 0.324 e. The predicted octanol–water partition coefficient (Wildman–Crippen LogP) is 1.43. The average Bonchev–Trinajstić information content (AvgIpc) is 3.12. The van der Waals surface area contributed by atoms with E-state index in [1.54, 1.807) is 11.0 Å². The molecule has 1 unspecified atom stereocenters. The van der Waals surface area contributed by atoms with Crippen molar-refractivity contribution in [2.45, 2.75) is 25.3 Å². The minimum absolute atomic E-state index is 0.0412. The lowest BCUT2D eigenvalue weighted by Crippen LogP contribution is -2.42. The molecule has 1 N–H and O–H groups in total. The second-order valence-corrected chi connectivity index (χ2v) is 6.27. The summed E-state index contributed by atoms with van der Waals surface area (Å²) >= 11 is 5.94. The monoisotopic (exact) mass is 335 g/mol. The molecule has 1 aromatic rings. The van der Waals surface area contributed by atoms with Crippen LogP contribution in [0.5, 0.6) is 0 Å². The fraction of sp³-hybridized carbons (Fsp3) is 0.438. The summed E-state index contributed by atoms with van der Waals surface area (Å²) in [5.41, 5.74) is 1.02. The molecule has 0 radical (unpaired) electrons. The van der Waals surface area contributed by atoms with Crippen molar-refractivity contribution in [1.82, 2.24) is 15.1 Å². The third kappa shape index (κ3) is 3.47. The lowest BCUT2D eigenvalue weighted by molar-refractivity contribution is -0.131. The molecule has 1 aromatic carbocycles. The van der Waals surface area contributed by atoms with Crippen LogP contribution in [0.1, 0.15) is 18.4 Å². The molecule has 0 aliphatic carbocycles. The number of urea groups is 1. The number of carbonyl (C=O) groups is 3. The minimum atomic E-state index is -0.353. The van der Waals surface area contributed by atoms with Gasteiger partial charge in [0.2, 0.25) is 11.8 Å². The van der Waals surface area contributed by atoms with Crippen molar-refractivity contribution in [3.8, 4) is 0 Å². The van der Waals surface area contributed by atoms with Crippen molar-refractivity contribution in [2.75, 3.05) is 19.6 Å². The van der Waals surface area contributed by atoms with E-state index in [1.807, 2.05) is 18.2 Å². The van der Waals surface area contributed by atoms with E-state index in [1.165, 1.54) is 4.90 Å². The SMILES string of the molecule is O=C(CCc1cccc(Cl)c1)N1CCC(N2C(=O)CNC2=O)C1. The molecule has 2 heterocycles. The highest BCUT2D eigenvalue weighted by molar-refractivity contribution is 6.30. The van der Waals surface area contributed by atoms with Crippen LogP contribution in [0.2, 0.25) is 5.02 Å². The predicted molar refractivity (Wildman–Crippen MR) is 85.0 cm³/mol. The average molecular weight is 336 g/mol. The van der Waals surface area contributed by atoms with Gasteiger partial charge in [-0.1, -0.05) is 23.7 Å². The Morgan fingerprint density at radius 3 is 2.87 bits per heavy atom. The van der Waals surface area contributed by atoms with Crippen molar-refractivity contribution < 1.29 is 14.4 Å². The number of carbonyl (C=O) groups excluding carboxylic acids is 3. The Bertz CT molecular complexity index is 633. The number of likely N-dealkylation sites (tertiary alicyclic amines) is 1. The zero-order valence-electron chi connectivity index (χ0n) is 12.6. The number of nitrogens with one attached hydrogen (secondary N) is 1. The van der Waals surface area contributed by atoms with E-state index >= 15 is 0 Å². The third-order valence-corrected chi connectivity index (χ3v) is 4.51. The molecule has 1 atom stereocenters. The second kappa shape index (κ2) is 6.58. The molecule has 122 valence electrons. The summed E-state index contributed by atoms with van der Waals surface area (Å²) in [5.74, 6) is -0.173. The number of benzene rings is 1. The van der Waals surface area contributed by atoms with Gasteiger partial charge in [0.15, 0.2) is 0 Å². The minimum Gasteiger partial charge on any atom is -0.341 e. The fourth-order valence-electron chi connectivity index (χ4n) is 3.09. The van der Waals surface area contributed by atoms with Crippen LogP contribution >= 0.6 is 11.6 Å². The standard InChI is InChI=1S/C16H18ClN3O3/c17-12-3-1-2-11(8-12)4-5-14(21)19-7-6-13(10-19)20-15(22)9-18-16(20)23/h1-3,8,13H,4-7,9-10H2,(H,18,23). The van der Waals surface area contributed by atoms with Crippen LogP contribution in [0.15, 0.2) is 24.3 Å². The first kappa shape index (κ1) is 15.8. The number of hydrogen-bond acceptors (Lipinski definition) is 3. The van der Waals surface area contributed by atoms with Crippen LogP contribution in [-0.2, 0) is 16.0 Å². The molecule has 2 aliphatic rings. The first-order chi connectivity index (χ1) is 11.0. The molecular weight excluding hydrogens is 318 g/mol. The number of nitrogens with zero attached hydrogens (tertiary/aromatic N) is 2. The van der Waals surface area contributed by atoms with Gasteiger partial charge in [0.1, 0.15) is 0 Å². The lowest BCUT2D eigenvalue weighted by Gasteiger charge is -2.21. The van der Waals surface area contributed by atoms with Gasteiger partial charge < -0.3 is 10.2 Å². The van der Waals surface area contributed by atoms with Gasteiger partial charge >= 0.3 is 6.03 Å². The number of halogens is 1. The van der Waals surface area contributed by atoms with Crippen molar-refractivity contribution in [3.05, 3.63) is 34.9 Å². The molecular formula is C16H18ClN3O3. The van der Waals surface area contributed by atoms with Crippen LogP contribution in [0.3, 0.4) is 0 Å². The van der Waals surface area contributed by atoms with E-state index in [2.05, 4.69) is 5.32 Å². The molecule has 0 saturated carbocycles. The van der Waals surface area contributed by atoms with E-state index in [-0.39, 0.29) is 30.4 Å². The Hall–Kier alpha value is -2.08. The largest absolute Gasteiger partial charge is 0.341 e. The molecule has 0 aromatic heterocycles. The molecule has 3 rings (SSSR count). The highest BCUT2D eigenvalue weighted by atomic mass is 35.5. The fourth-order valence-corrected chi connectivity index (χ4v) is 3.30. The Morgan fingerprint density at radius 1 is 1.35 bits per heavy atom. The van der Waals surface area contributed by atoms with Crippen molar-refractivity contribution >= 4 is 29.4 Å². The van der Waals surface area contributed by atoms with Crippen molar-refractivity contribution in [2.24, 2.45) is 0 Å². The number of rotatable bonds is 4. The van der Waals surface area contributed by atoms with Crippen molar-refractivity contribution in [3.63, 3.8) is 0 Å². The first-order valence-electron chi connectivity index (χ1n) is 7.66. The van der Waals surface area contributed by atoms with Crippen LogP contribution in [0.25, 0.3) is 0 Å². The maximum atomic E-state index is 12.3. The first-order valence-corrected chi connectivity index (χ1v) is 8.04. The molecule has 7 heteroatoms. The summed E-state index contributed by atoms with van der Waals surface area (Å²) in [7, 11) is 0. The molecule has 2 aliphatic heterocycles. The molecule has 0 bridgehead atoms. The summed E-state index contributed by atoms with van der Waals surface area (Å²) in [6.07, 6.45) is 1.67. The van der Waals surface area contributed by atoms with Crippen LogP contribution in [0, 0.1) is 0 Å². The van der Waals surface area contributed by atoms with E-state index in [0.717, 1.165) is 5.56 Å². The molecule has 23 heavy (non-hydrogen) atoms. The Kier molecular flexibility index (Phi) is 4.52. The number of imide groups is 1. The van der Waals surface area contributed by atoms with Crippen LogP contribution in [0.4, 0.5) is 4.79 Å². The zero-order valence-corrected chi connectivity index (χ0v) is 13.4. The van der Waals surface area contributed by atoms with Gasteiger partial charge in [-0.25, -0.2) is 4.79 Å². The normalized spacial score (nSPS) is 21.0. The number of aryl methyl sites for hydroxylation is 1. The summed E-state index contributed by atoms with van der Waals surface area (Å²) < 4.78 is 0. The van der Waals surface area contributed by atoms with Gasteiger partial charge in [-0.2, -0.15) is 0 Å². The molecule has 2 saturated heterocycles. The lowest BCUT2D eigenvalue weighted by atomic mass is 10.1. The van der Waals surface area contributed by atoms with Crippen molar-refractivity contribution in [1.29, 1.82) is 0 Å². The van der Waals surface area contributed by atoms with E-state index in [0.29, 0.717) is 37.4 Å². The van der Waals surface area contributed by atoms with Gasteiger partial charge in [-0.3, -0.25) is 14.5 Å². The summed E-state index contributed by atoms with van der Waals surface area (Å²) in [6, 6.07) is 6.91. The summed E-state index contributed by atoms with van der Waals surface area (Å²) in [4.78, 5) is 38.7. The Labute approximate surface area is 139 Å². The quantitative estimate of drug-likeness (QED) is 0.846. The molecule has 4 amide bonds.